The van der Waals surface area contributed by atoms with Crippen molar-refractivity contribution in [2.75, 3.05) is 45.9 Å². The quantitative estimate of drug-likeness (QED) is 0.157. The van der Waals surface area contributed by atoms with Gasteiger partial charge in [0.15, 0.2) is 5.82 Å². The van der Waals surface area contributed by atoms with Gasteiger partial charge in [-0.2, -0.15) is 0 Å². The molecule has 0 spiro atoms. The lowest BCUT2D eigenvalue weighted by atomic mass is 9.99. The maximum absolute atomic E-state index is 13.9. The summed E-state index contributed by atoms with van der Waals surface area (Å²) in [5.74, 6) is -0.895. The number of nitrogens with zero attached hydrogens (tertiary/aromatic N) is 7. The van der Waals surface area contributed by atoms with Gasteiger partial charge in [0.2, 0.25) is 23.6 Å². The standard InChI is InChI=1S/C42H44ClN9O7S/c1-23-24(2)60-42-35(23)37(26-9-11-27(43)12-10-26)45-29(38-48-47-25(3)51(38)42)21-34(55)50-18-16-49(17-19-50)22-33(54)44-15-4-5-20-59-31-8-6-7-28-36(31)41(58)52(40(28)57)30-13-14-32(53)46-39(30)56/h6-12,29-30H,4-5,13-22H2,1-3H3,(H,44,54)(H,46,53,56). The lowest BCUT2D eigenvalue weighted by Crippen LogP contribution is -2.54. The van der Waals surface area contributed by atoms with E-state index >= 15 is 0 Å². The Labute approximate surface area is 354 Å². The van der Waals surface area contributed by atoms with E-state index in [0.29, 0.717) is 56.4 Å². The van der Waals surface area contributed by atoms with Crippen molar-refractivity contribution in [3.05, 3.63) is 91.8 Å². The number of piperazine rings is 1. The summed E-state index contributed by atoms with van der Waals surface area (Å²) in [4.78, 5) is 88.3. The highest BCUT2D eigenvalue weighted by molar-refractivity contribution is 7.15. The highest BCUT2D eigenvalue weighted by Crippen LogP contribution is 2.40. The third-order valence-corrected chi connectivity index (χ3v) is 12.8. The lowest BCUT2D eigenvalue weighted by Gasteiger charge is -2.34. The van der Waals surface area contributed by atoms with Crippen molar-refractivity contribution in [1.29, 1.82) is 0 Å². The SMILES string of the molecule is Cc1sc2c(c1C)C(c1ccc(Cl)cc1)=NC(CC(=O)N1CCN(CC(=O)NCCCCOc3cccc4c3C(=O)N(C3CCC(=O)NC3=O)C4=O)CC1)c1nnc(C)n1-2. The van der Waals surface area contributed by atoms with Crippen LogP contribution in [0.25, 0.3) is 5.00 Å². The summed E-state index contributed by atoms with van der Waals surface area (Å²) in [7, 11) is 0. The minimum atomic E-state index is -1.06. The molecule has 16 nitrogen and oxygen atoms in total. The number of aliphatic imine (C=N–C) groups is 1. The molecule has 18 heteroatoms. The monoisotopic (exact) mass is 853 g/mol. The van der Waals surface area contributed by atoms with E-state index in [4.69, 9.17) is 21.3 Å². The van der Waals surface area contributed by atoms with Gasteiger partial charge in [-0.25, -0.2) is 0 Å². The lowest BCUT2D eigenvalue weighted by molar-refractivity contribution is -0.136. The summed E-state index contributed by atoms with van der Waals surface area (Å²) in [6, 6.07) is 10.7. The molecule has 312 valence electrons. The zero-order valence-electron chi connectivity index (χ0n) is 33.5. The van der Waals surface area contributed by atoms with E-state index in [9.17, 15) is 28.8 Å². The topological polar surface area (TPSA) is 188 Å². The van der Waals surface area contributed by atoms with Crippen LogP contribution in [-0.2, 0) is 19.2 Å². The zero-order valence-corrected chi connectivity index (χ0v) is 35.0. The van der Waals surface area contributed by atoms with E-state index in [1.54, 1.807) is 23.5 Å². The van der Waals surface area contributed by atoms with Gasteiger partial charge in [-0.3, -0.25) is 53.4 Å². The summed E-state index contributed by atoms with van der Waals surface area (Å²) in [5.41, 5.74) is 4.08. The molecular weight excluding hydrogens is 810 g/mol. The van der Waals surface area contributed by atoms with E-state index in [0.717, 1.165) is 38.1 Å². The fourth-order valence-corrected chi connectivity index (χ4v) is 9.42. The molecule has 4 aliphatic heterocycles. The number of piperidine rings is 1. The average molecular weight is 854 g/mol. The first kappa shape index (κ1) is 41.0. The summed E-state index contributed by atoms with van der Waals surface area (Å²) >= 11 is 7.91. The highest BCUT2D eigenvalue weighted by Gasteiger charge is 2.46. The molecule has 2 aromatic heterocycles. The van der Waals surface area contributed by atoms with Crippen LogP contribution in [0, 0.1) is 20.8 Å². The number of imide groups is 2. The van der Waals surface area contributed by atoms with E-state index in [2.05, 4.69) is 34.7 Å². The number of amides is 6. The van der Waals surface area contributed by atoms with Crippen LogP contribution < -0.4 is 15.4 Å². The molecule has 2 saturated heterocycles. The van der Waals surface area contributed by atoms with Gasteiger partial charge in [0.1, 0.15) is 28.7 Å². The van der Waals surface area contributed by atoms with Crippen LogP contribution in [0.5, 0.6) is 5.75 Å². The fraction of sp³-hybridized carbons (Fsp3) is 0.405. The van der Waals surface area contributed by atoms with Gasteiger partial charge in [0, 0.05) is 60.2 Å². The van der Waals surface area contributed by atoms with Gasteiger partial charge < -0.3 is 15.0 Å². The number of carbonyl (C=O) groups excluding carboxylic acids is 6. The maximum Gasteiger partial charge on any atom is 0.266 e. The molecule has 2 fully saturated rings. The molecule has 4 aliphatic rings. The first-order valence-corrected chi connectivity index (χ1v) is 21.2. The predicted octanol–water partition coefficient (Wildman–Crippen LogP) is 3.71. The molecule has 0 radical (unpaired) electrons. The molecule has 0 bridgehead atoms. The number of hydrogen-bond acceptors (Lipinski definition) is 12. The van der Waals surface area contributed by atoms with Crippen LogP contribution in [-0.4, -0.2) is 123 Å². The Balaban J connectivity index is 0.803. The molecule has 0 saturated carbocycles. The molecule has 2 atom stereocenters. The van der Waals surface area contributed by atoms with Crippen molar-refractivity contribution < 1.29 is 33.5 Å². The molecule has 2 N–H and O–H groups in total. The number of halogens is 1. The number of aryl methyl sites for hydroxylation is 2. The first-order valence-electron chi connectivity index (χ1n) is 20.0. The molecule has 6 amide bonds. The van der Waals surface area contributed by atoms with E-state index in [1.807, 2.05) is 45.6 Å². The molecular formula is C42H44ClN9O7S. The van der Waals surface area contributed by atoms with Gasteiger partial charge in [-0.1, -0.05) is 29.8 Å². The van der Waals surface area contributed by atoms with Crippen LogP contribution in [0.15, 0.2) is 47.5 Å². The number of nitrogens with one attached hydrogen (secondary N) is 2. The Kier molecular flexibility index (Phi) is 11.7. The van der Waals surface area contributed by atoms with Gasteiger partial charge in [0.05, 0.1) is 36.4 Å². The van der Waals surface area contributed by atoms with E-state index in [1.165, 1.54) is 10.9 Å². The molecule has 0 aliphatic carbocycles. The second kappa shape index (κ2) is 17.1. The minimum Gasteiger partial charge on any atom is -0.493 e. The second-order valence-electron chi connectivity index (χ2n) is 15.3. The minimum absolute atomic E-state index is 0.0377. The van der Waals surface area contributed by atoms with Crippen molar-refractivity contribution >= 4 is 64.1 Å². The average Bonchev–Trinajstić information content (AvgIpc) is 3.80. The summed E-state index contributed by atoms with van der Waals surface area (Å²) in [6.07, 6.45) is 1.41. The molecule has 2 unspecified atom stereocenters. The molecule has 60 heavy (non-hydrogen) atoms. The Morgan fingerprint density at radius 3 is 2.47 bits per heavy atom. The second-order valence-corrected chi connectivity index (χ2v) is 16.9. The van der Waals surface area contributed by atoms with E-state index < -0.39 is 35.7 Å². The third-order valence-electron chi connectivity index (χ3n) is 11.4. The highest BCUT2D eigenvalue weighted by atomic mass is 35.5. The van der Waals surface area contributed by atoms with Crippen LogP contribution >= 0.6 is 22.9 Å². The first-order chi connectivity index (χ1) is 28.9. The van der Waals surface area contributed by atoms with Crippen LogP contribution in [0.2, 0.25) is 5.02 Å². The summed E-state index contributed by atoms with van der Waals surface area (Å²) < 4.78 is 7.94. The number of hydrogen-bond donors (Lipinski definition) is 2. The Bertz CT molecular complexity index is 2440. The van der Waals surface area contributed by atoms with Gasteiger partial charge in [-0.05, 0) is 69.9 Å². The number of benzene rings is 2. The predicted molar refractivity (Wildman–Crippen MR) is 222 cm³/mol. The normalized spacial score (nSPS) is 19.0. The largest absolute Gasteiger partial charge is 0.493 e. The van der Waals surface area contributed by atoms with Crippen LogP contribution in [0.1, 0.15) is 92.1 Å². The third kappa shape index (κ3) is 7.96. The number of fused-ring (bicyclic) bond motifs is 4. The molecule has 6 heterocycles. The van der Waals surface area contributed by atoms with Crippen molar-refractivity contribution in [2.45, 2.75) is 65.0 Å². The van der Waals surface area contributed by atoms with Crippen molar-refractivity contribution in [1.82, 2.24) is 40.1 Å². The fourth-order valence-electron chi connectivity index (χ4n) is 8.08. The number of rotatable bonds is 12. The Hall–Kier alpha value is -5.78. The van der Waals surface area contributed by atoms with Gasteiger partial charge in [0.25, 0.3) is 11.8 Å². The molecule has 4 aromatic rings. The van der Waals surface area contributed by atoms with Crippen molar-refractivity contribution in [3.8, 4) is 10.8 Å². The van der Waals surface area contributed by atoms with Gasteiger partial charge in [-0.15, -0.1) is 21.5 Å². The number of aromatic nitrogens is 3. The number of ether oxygens (including phenoxy) is 1. The maximum atomic E-state index is 13.9. The molecule has 2 aromatic carbocycles. The van der Waals surface area contributed by atoms with Crippen molar-refractivity contribution in [2.24, 2.45) is 4.99 Å². The smallest absolute Gasteiger partial charge is 0.266 e. The van der Waals surface area contributed by atoms with Gasteiger partial charge >= 0.3 is 0 Å². The Morgan fingerprint density at radius 1 is 0.950 bits per heavy atom. The summed E-state index contributed by atoms with van der Waals surface area (Å²) in [6.45, 7) is 9.00. The number of thiophene rings is 1. The van der Waals surface area contributed by atoms with Crippen LogP contribution in [0.4, 0.5) is 0 Å². The number of unbranched alkanes of at least 4 members (excludes halogenated alkanes) is 1. The Morgan fingerprint density at radius 2 is 1.72 bits per heavy atom. The molecule has 8 rings (SSSR count). The summed E-state index contributed by atoms with van der Waals surface area (Å²) in [5, 5.41) is 15.7. The zero-order chi connectivity index (χ0) is 42.2. The van der Waals surface area contributed by atoms with Crippen molar-refractivity contribution in [3.63, 3.8) is 0 Å². The van der Waals surface area contributed by atoms with E-state index in [-0.39, 0.29) is 61.1 Å². The van der Waals surface area contributed by atoms with Crippen LogP contribution in [0.3, 0.4) is 0 Å². The number of carbonyl (C=O) groups is 6.